The molecule has 2 rings (SSSR count). The number of rotatable bonds is 6. The highest BCUT2D eigenvalue weighted by atomic mass is 35.5. The summed E-state index contributed by atoms with van der Waals surface area (Å²) < 4.78 is 0. The van der Waals surface area contributed by atoms with Crippen molar-refractivity contribution in [2.45, 2.75) is 13.0 Å². The molecule has 0 aliphatic carbocycles. The number of carbonyl (C=O) groups excluding carboxylic acids is 2. The van der Waals surface area contributed by atoms with E-state index in [1.165, 1.54) is 0 Å². The largest absolute Gasteiger partial charge is 0.341 e. The Morgan fingerprint density at radius 3 is 2.74 bits per heavy atom. The number of pyridine rings is 1. The summed E-state index contributed by atoms with van der Waals surface area (Å²) in [6, 6.07) is 3.56. The highest BCUT2D eigenvalue weighted by Crippen LogP contribution is 2.20. The molecule has 0 saturated carbocycles. The van der Waals surface area contributed by atoms with Crippen LogP contribution in [0.2, 0.25) is 5.15 Å². The Hall–Kier alpha value is -1.66. The van der Waals surface area contributed by atoms with Crippen molar-refractivity contribution in [2.75, 3.05) is 40.8 Å². The maximum atomic E-state index is 12.5. The van der Waals surface area contributed by atoms with Gasteiger partial charge in [-0.25, -0.2) is 4.98 Å². The first-order chi connectivity index (χ1) is 10.9. The van der Waals surface area contributed by atoms with Crippen LogP contribution in [0, 0.1) is 5.92 Å². The fourth-order valence-corrected chi connectivity index (χ4v) is 2.75. The molecule has 0 spiro atoms. The van der Waals surface area contributed by atoms with Crippen molar-refractivity contribution in [3.63, 3.8) is 0 Å². The van der Waals surface area contributed by atoms with Gasteiger partial charge < -0.3 is 14.7 Å². The lowest BCUT2D eigenvalue weighted by Crippen LogP contribution is -2.36. The third-order valence-corrected chi connectivity index (χ3v) is 4.19. The van der Waals surface area contributed by atoms with Gasteiger partial charge in [0.2, 0.25) is 11.8 Å². The summed E-state index contributed by atoms with van der Waals surface area (Å²) in [5.74, 6) is -0.192. The van der Waals surface area contributed by atoms with Crippen molar-refractivity contribution in [3.8, 4) is 0 Å². The lowest BCUT2D eigenvalue weighted by Gasteiger charge is -2.22. The molecular formula is C16H23ClN4O2. The van der Waals surface area contributed by atoms with E-state index in [4.69, 9.17) is 11.6 Å². The number of halogens is 1. The Bertz CT molecular complexity index is 562. The highest BCUT2D eigenvalue weighted by molar-refractivity contribution is 6.29. The van der Waals surface area contributed by atoms with Crippen LogP contribution in [-0.4, -0.2) is 72.3 Å². The number of hydrogen-bond acceptors (Lipinski definition) is 4. The lowest BCUT2D eigenvalue weighted by molar-refractivity contribution is -0.135. The second-order valence-electron chi connectivity index (χ2n) is 6.23. The molecule has 0 bridgehead atoms. The predicted molar refractivity (Wildman–Crippen MR) is 89.0 cm³/mol. The number of aromatic nitrogens is 1. The maximum absolute atomic E-state index is 12.5. The summed E-state index contributed by atoms with van der Waals surface area (Å²) in [6.07, 6.45) is 1.96. The summed E-state index contributed by atoms with van der Waals surface area (Å²) in [7, 11) is 5.69. The Balaban J connectivity index is 1.89. The van der Waals surface area contributed by atoms with E-state index < -0.39 is 0 Å². The summed E-state index contributed by atoms with van der Waals surface area (Å²) in [4.78, 5) is 34.0. The zero-order chi connectivity index (χ0) is 17.0. The molecule has 23 heavy (non-hydrogen) atoms. The number of amides is 2. The molecule has 1 fully saturated rings. The van der Waals surface area contributed by atoms with Crippen molar-refractivity contribution in [2.24, 2.45) is 5.92 Å². The molecular weight excluding hydrogens is 316 g/mol. The summed E-state index contributed by atoms with van der Waals surface area (Å²) in [5.41, 5.74) is 0.916. The van der Waals surface area contributed by atoms with Gasteiger partial charge in [-0.05, 0) is 25.7 Å². The smallest absolute Gasteiger partial charge is 0.228 e. The van der Waals surface area contributed by atoms with Crippen molar-refractivity contribution < 1.29 is 9.59 Å². The standard InChI is InChI=1S/C16H23ClN4O2/c1-19(2)6-7-21-11-13(8-15(21)22)16(23)20(3)10-12-4-5-14(17)18-9-12/h4-5,9,13H,6-8,10-11H2,1-3H3. The second kappa shape index (κ2) is 7.75. The zero-order valence-corrected chi connectivity index (χ0v) is 14.6. The van der Waals surface area contributed by atoms with Crippen LogP contribution in [-0.2, 0) is 16.1 Å². The van der Waals surface area contributed by atoms with Gasteiger partial charge in [-0.3, -0.25) is 9.59 Å². The molecule has 1 aliphatic rings. The molecule has 2 heterocycles. The molecule has 0 radical (unpaired) electrons. The average Bonchev–Trinajstić information content (AvgIpc) is 2.87. The SMILES string of the molecule is CN(C)CCN1CC(C(=O)N(C)Cc2ccc(Cl)nc2)CC1=O. The molecule has 1 aliphatic heterocycles. The van der Waals surface area contributed by atoms with Gasteiger partial charge in [0, 0.05) is 45.8 Å². The van der Waals surface area contributed by atoms with Gasteiger partial charge in [-0.15, -0.1) is 0 Å². The first kappa shape index (κ1) is 17.7. The van der Waals surface area contributed by atoms with E-state index in [9.17, 15) is 9.59 Å². The third kappa shape index (κ3) is 4.91. The van der Waals surface area contributed by atoms with E-state index in [1.54, 1.807) is 29.1 Å². The normalized spacial score (nSPS) is 17.9. The Kier molecular flexibility index (Phi) is 5.96. The van der Waals surface area contributed by atoms with E-state index in [2.05, 4.69) is 4.98 Å². The van der Waals surface area contributed by atoms with Gasteiger partial charge in [0.05, 0.1) is 5.92 Å². The number of carbonyl (C=O) groups is 2. The molecule has 2 amide bonds. The molecule has 1 aromatic heterocycles. The van der Waals surface area contributed by atoms with E-state index in [1.807, 2.05) is 25.1 Å². The van der Waals surface area contributed by atoms with Gasteiger partial charge in [0.15, 0.2) is 0 Å². The molecule has 6 nitrogen and oxygen atoms in total. The Labute approximate surface area is 142 Å². The van der Waals surface area contributed by atoms with E-state index in [0.717, 1.165) is 12.1 Å². The maximum Gasteiger partial charge on any atom is 0.228 e. The Morgan fingerprint density at radius 2 is 2.13 bits per heavy atom. The van der Waals surface area contributed by atoms with Crippen molar-refractivity contribution in [1.29, 1.82) is 0 Å². The minimum absolute atomic E-state index is 0.000605. The molecule has 1 unspecified atom stereocenters. The molecule has 126 valence electrons. The first-order valence-corrected chi connectivity index (χ1v) is 8.02. The molecule has 1 saturated heterocycles. The molecule has 0 N–H and O–H groups in total. The van der Waals surface area contributed by atoms with Crippen molar-refractivity contribution in [1.82, 2.24) is 19.7 Å². The second-order valence-corrected chi connectivity index (χ2v) is 6.61. The van der Waals surface area contributed by atoms with E-state index in [-0.39, 0.29) is 17.7 Å². The topological polar surface area (TPSA) is 56.8 Å². The van der Waals surface area contributed by atoms with Crippen LogP contribution in [0.1, 0.15) is 12.0 Å². The third-order valence-electron chi connectivity index (χ3n) is 3.97. The van der Waals surface area contributed by atoms with Gasteiger partial charge in [-0.2, -0.15) is 0 Å². The van der Waals surface area contributed by atoms with Gasteiger partial charge >= 0.3 is 0 Å². The zero-order valence-electron chi connectivity index (χ0n) is 13.8. The van der Waals surface area contributed by atoms with Gasteiger partial charge in [0.1, 0.15) is 5.15 Å². The molecule has 1 aromatic rings. The van der Waals surface area contributed by atoms with Crippen LogP contribution < -0.4 is 0 Å². The number of nitrogens with zero attached hydrogens (tertiary/aromatic N) is 4. The molecule has 0 aromatic carbocycles. The van der Waals surface area contributed by atoms with E-state index in [0.29, 0.717) is 31.2 Å². The summed E-state index contributed by atoms with van der Waals surface area (Å²) in [5, 5.41) is 0.431. The van der Waals surface area contributed by atoms with Crippen LogP contribution in [0.3, 0.4) is 0 Å². The lowest BCUT2D eigenvalue weighted by atomic mass is 10.1. The quantitative estimate of drug-likeness (QED) is 0.729. The highest BCUT2D eigenvalue weighted by Gasteiger charge is 2.35. The fraction of sp³-hybridized carbons (Fsp3) is 0.562. The predicted octanol–water partition coefficient (Wildman–Crippen LogP) is 1.10. The minimum Gasteiger partial charge on any atom is -0.341 e. The summed E-state index contributed by atoms with van der Waals surface area (Å²) >= 11 is 5.76. The van der Waals surface area contributed by atoms with Crippen LogP contribution in [0.25, 0.3) is 0 Å². The van der Waals surface area contributed by atoms with Crippen LogP contribution in [0.15, 0.2) is 18.3 Å². The number of likely N-dealkylation sites (N-methyl/N-ethyl adjacent to an activating group) is 1. The Morgan fingerprint density at radius 1 is 1.39 bits per heavy atom. The fourth-order valence-electron chi connectivity index (χ4n) is 2.64. The van der Waals surface area contributed by atoms with Gasteiger partial charge in [0.25, 0.3) is 0 Å². The minimum atomic E-state index is -0.255. The van der Waals surface area contributed by atoms with Gasteiger partial charge in [-0.1, -0.05) is 17.7 Å². The molecule has 7 heteroatoms. The van der Waals surface area contributed by atoms with E-state index >= 15 is 0 Å². The summed E-state index contributed by atoms with van der Waals surface area (Å²) in [6.45, 7) is 2.44. The number of hydrogen-bond donors (Lipinski definition) is 0. The first-order valence-electron chi connectivity index (χ1n) is 7.64. The average molecular weight is 339 g/mol. The van der Waals surface area contributed by atoms with Crippen molar-refractivity contribution >= 4 is 23.4 Å². The van der Waals surface area contributed by atoms with Crippen molar-refractivity contribution in [3.05, 3.63) is 29.0 Å². The van der Waals surface area contributed by atoms with Crippen LogP contribution in [0.5, 0.6) is 0 Å². The monoisotopic (exact) mass is 338 g/mol. The van der Waals surface area contributed by atoms with Crippen LogP contribution >= 0.6 is 11.6 Å². The van der Waals surface area contributed by atoms with Crippen LogP contribution in [0.4, 0.5) is 0 Å². The molecule has 1 atom stereocenters. The number of likely N-dealkylation sites (tertiary alicyclic amines) is 1.